The average Bonchev–Trinajstić information content (AvgIpc) is 3.07. The van der Waals surface area contributed by atoms with Gasteiger partial charge >= 0.3 is 0 Å². The van der Waals surface area contributed by atoms with Crippen LogP contribution in [0.5, 0.6) is 0 Å². The molecule has 2 aromatic rings. The normalized spacial score (nSPS) is 20.6. The Morgan fingerprint density at radius 3 is 3.00 bits per heavy atom. The maximum atomic E-state index is 12.7. The van der Waals surface area contributed by atoms with Gasteiger partial charge in [0, 0.05) is 19.6 Å². The predicted molar refractivity (Wildman–Crippen MR) is 81.6 cm³/mol. The molecular formula is C14H20N4O2S. The van der Waals surface area contributed by atoms with Gasteiger partial charge in [0.05, 0.1) is 22.3 Å². The Balaban J connectivity index is 1.84. The van der Waals surface area contributed by atoms with Gasteiger partial charge in [-0.1, -0.05) is 0 Å². The number of imidazole rings is 1. The fraction of sp³-hybridized carbons (Fsp3) is 0.500. The second kappa shape index (κ2) is 5.40. The first-order valence-corrected chi connectivity index (χ1v) is 8.52. The Morgan fingerprint density at radius 2 is 2.29 bits per heavy atom. The summed E-state index contributed by atoms with van der Waals surface area (Å²) in [6.07, 6.45) is 3.75. The molecule has 0 radical (unpaired) electrons. The van der Waals surface area contributed by atoms with Gasteiger partial charge in [0.15, 0.2) is 0 Å². The van der Waals surface area contributed by atoms with Crippen LogP contribution in [-0.4, -0.2) is 60.8 Å². The average molecular weight is 308 g/mol. The highest BCUT2D eigenvalue weighted by Crippen LogP contribution is 2.22. The Bertz CT molecular complexity index is 740. The lowest BCUT2D eigenvalue weighted by molar-refractivity contribution is 0.271. The van der Waals surface area contributed by atoms with Gasteiger partial charge in [-0.05, 0) is 44.6 Å². The van der Waals surface area contributed by atoms with E-state index in [0.29, 0.717) is 17.5 Å². The lowest BCUT2D eigenvalue weighted by Crippen LogP contribution is -2.39. The van der Waals surface area contributed by atoms with Crippen molar-refractivity contribution in [1.29, 1.82) is 0 Å². The molecule has 21 heavy (non-hydrogen) atoms. The molecule has 1 N–H and O–H groups in total. The van der Waals surface area contributed by atoms with E-state index in [0.717, 1.165) is 30.4 Å². The SMILES string of the molecule is CN1CCCC1CN(C)S(=O)(=O)c1ccc2nc[nH]c2c1. The third kappa shape index (κ3) is 2.68. The molecule has 3 rings (SSSR count). The van der Waals surface area contributed by atoms with Crippen molar-refractivity contribution in [2.75, 3.05) is 27.2 Å². The maximum absolute atomic E-state index is 12.7. The van der Waals surface area contributed by atoms with Crippen LogP contribution in [0.4, 0.5) is 0 Å². The molecule has 1 aromatic carbocycles. The Morgan fingerprint density at radius 1 is 1.48 bits per heavy atom. The summed E-state index contributed by atoms with van der Waals surface area (Å²) in [5.74, 6) is 0. The molecule has 0 amide bonds. The Hall–Kier alpha value is -1.44. The summed E-state index contributed by atoms with van der Waals surface area (Å²) in [7, 11) is 0.241. The number of fused-ring (bicyclic) bond motifs is 1. The highest BCUT2D eigenvalue weighted by molar-refractivity contribution is 7.89. The molecule has 1 aromatic heterocycles. The summed E-state index contributed by atoms with van der Waals surface area (Å²) >= 11 is 0. The van der Waals surface area contributed by atoms with E-state index in [1.54, 1.807) is 31.6 Å². The van der Waals surface area contributed by atoms with E-state index < -0.39 is 10.0 Å². The highest BCUT2D eigenvalue weighted by atomic mass is 32.2. The molecule has 1 unspecified atom stereocenters. The summed E-state index contributed by atoms with van der Waals surface area (Å²) < 4.78 is 26.8. The zero-order valence-electron chi connectivity index (χ0n) is 12.3. The highest BCUT2D eigenvalue weighted by Gasteiger charge is 2.28. The second-order valence-electron chi connectivity index (χ2n) is 5.64. The van der Waals surface area contributed by atoms with Gasteiger partial charge in [-0.2, -0.15) is 4.31 Å². The van der Waals surface area contributed by atoms with Gasteiger partial charge < -0.3 is 9.88 Å². The Kier molecular flexibility index (Phi) is 3.73. The van der Waals surface area contributed by atoms with Crippen molar-refractivity contribution in [2.24, 2.45) is 0 Å². The molecule has 0 saturated carbocycles. The minimum absolute atomic E-state index is 0.306. The van der Waals surface area contributed by atoms with E-state index in [2.05, 4.69) is 21.9 Å². The van der Waals surface area contributed by atoms with Gasteiger partial charge in [0.2, 0.25) is 10.0 Å². The first kappa shape index (κ1) is 14.5. The molecule has 0 bridgehead atoms. The lowest BCUT2D eigenvalue weighted by atomic mass is 10.2. The number of benzene rings is 1. The number of rotatable bonds is 4. The topological polar surface area (TPSA) is 69.3 Å². The van der Waals surface area contributed by atoms with Gasteiger partial charge in [0.25, 0.3) is 0 Å². The second-order valence-corrected chi connectivity index (χ2v) is 7.69. The predicted octanol–water partition coefficient (Wildman–Crippen LogP) is 1.28. The summed E-state index contributed by atoms with van der Waals surface area (Å²) in [5, 5.41) is 0. The van der Waals surface area contributed by atoms with Crippen LogP contribution >= 0.6 is 0 Å². The van der Waals surface area contributed by atoms with E-state index in [-0.39, 0.29) is 0 Å². The van der Waals surface area contributed by atoms with Crippen molar-refractivity contribution >= 4 is 21.1 Å². The number of hydrogen-bond donors (Lipinski definition) is 1. The van der Waals surface area contributed by atoms with Gasteiger partial charge in [0.1, 0.15) is 0 Å². The molecule has 1 fully saturated rings. The molecule has 7 heteroatoms. The first-order valence-electron chi connectivity index (χ1n) is 7.08. The molecule has 1 atom stereocenters. The molecule has 1 aliphatic rings. The van der Waals surface area contributed by atoms with Crippen molar-refractivity contribution in [1.82, 2.24) is 19.2 Å². The lowest BCUT2D eigenvalue weighted by Gasteiger charge is -2.25. The smallest absolute Gasteiger partial charge is 0.242 e. The maximum Gasteiger partial charge on any atom is 0.242 e. The number of H-pyrrole nitrogens is 1. The van der Waals surface area contributed by atoms with Crippen LogP contribution in [0.2, 0.25) is 0 Å². The third-order valence-electron chi connectivity index (χ3n) is 4.24. The van der Waals surface area contributed by atoms with Crippen LogP contribution in [0, 0.1) is 0 Å². The quantitative estimate of drug-likeness (QED) is 0.924. The molecule has 1 aliphatic heterocycles. The number of nitrogens with zero attached hydrogens (tertiary/aromatic N) is 3. The number of likely N-dealkylation sites (N-methyl/N-ethyl adjacent to an activating group) is 2. The van der Waals surface area contributed by atoms with E-state index in [1.165, 1.54) is 4.31 Å². The number of sulfonamides is 1. The minimum Gasteiger partial charge on any atom is -0.345 e. The van der Waals surface area contributed by atoms with Crippen molar-refractivity contribution in [3.05, 3.63) is 24.5 Å². The molecule has 0 spiro atoms. The van der Waals surface area contributed by atoms with Gasteiger partial charge in [-0.3, -0.25) is 0 Å². The summed E-state index contributed by atoms with van der Waals surface area (Å²) in [4.78, 5) is 9.59. The molecule has 0 aliphatic carbocycles. The molecule has 1 saturated heterocycles. The molecular weight excluding hydrogens is 288 g/mol. The third-order valence-corrected chi connectivity index (χ3v) is 6.06. The fourth-order valence-corrected chi connectivity index (χ4v) is 4.09. The largest absolute Gasteiger partial charge is 0.345 e. The molecule has 114 valence electrons. The number of likely N-dealkylation sites (tertiary alicyclic amines) is 1. The standard InChI is InChI=1S/C14H20N4O2S/c1-17-7-3-4-11(17)9-18(2)21(19,20)12-5-6-13-14(8-12)16-10-15-13/h5-6,8,10-11H,3-4,7,9H2,1-2H3,(H,15,16). The summed E-state index contributed by atoms with van der Waals surface area (Å²) in [5.41, 5.74) is 1.51. The zero-order chi connectivity index (χ0) is 15.0. The molecule has 2 heterocycles. The first-order chi connectivity index (χ1) is 9.98. The van der Waals surface area contributed by atoms with Crippen LogP contribution in [0.3, 0.4) is 0 Å². The van der Waals surface area contributed by atoms with Crippen LogP contribution in [-0.2, 0) is 10.0 Å². The number of aromatic nitrogens is 2. The van der Waals surface area contributed by atoms with Crippen LogP contribution in [0.15, 0.2) is 29.4 Å². The van der Waals surface area contributed by atoms with Crippen LogP contribution in [0.25, 0.3) is 11.0 Å². The molecule has 6 nitrogen and oxygen atoms in total. The summed E-state index contributed by atoms with van der Waals surface area (Å²) in [6.45, 7) is 1.57. The van der Waals surface area contributed by atoms with Gasteiger partial charge in [-0.25, -0.2) is 13.4 Å². The number of aromatic amines is 1. The van der Waals surface area contributed by atoms with Crippen LogP contribution < -0.4 is 0 Å². The van der Waals surface area contributed by atoms with Crippen LogP contribution in [0.1, 0.15) is 12.8 Å². The van der Waals surface area contributed by atoms with Crippen molar-refractivity contribution < 1.29 is 8.42 Å². The van der Waals surface area contributed by atoms with E-state index in [1.807, 2.05) is 0 Å². The number of nitrogens with one attached hydrogen (secondary N) is 1. The minimum atomic E-state index is -3.46. The monoisotopic (exact) mass is 308 g/mol. The van der Waals surface area contributed by atoms with Gasteiger partial charge in [-0.15, -0.1) is 0 Å². The Labute approximate surface area is 124 Å². The van der Waals surface area contributed by atoms with Crippen molar-refractivity contribution in [3.63, 3.8) is 0 Å². The van der Waals surface area contributed by atoms with E-state index in [9.17, 15) is 8.42 Å². The summed E-state index contributed by atoms with van der Waals surface area (Å²) in [6, 6.07) is 5.30. The number of hydrogen-bond acceptors (Lipinski definition) is 4. The van der Waals surface area contributed by atoms with E-state index >= 15 is 0 Å². The van der Waals surface area contributed by atoms with Crippen molar-refractivity contribution in [3.8, 4) is 0 Å². The van der Waals surface area contributed by atoms with E-state index in [4.69, 9.17) is 0 Å². The fourth-order valence-electron chi connectivity index (χ4n) is 2.86. The zero-order valence-corrected chi connectivity index (χ0v) is 13.1. The van der Waals surface area contributed by atoms with Crippen molar-refractivity contribution in [2.45, 2.75) is 23.8 Å².